The minimum absolute atomic E-state index is 0.398. The van der Waals surface area contributed by atoms with Crippen molar-refractivity contribution < 1.29 is 32.6 Å². The van der Waals surface area contributed by atoms with Gasteiger partial charge in [-0.2, -0.15) is 0 Å². The van der Waals surface area contributed by atoms with Gasteiger partial charge >= 0.3 is 0 Å². The number of hydrogen-bond acceptors (Lipinski definition) is 8. The first-order valence-electron chi connectivity index (χ1n) is 7.20. The average molecular weight is 378 g/mol. The van der Waals surface area contributed by atoms with E-state index in [1.165, 1.54) is 11.6 Å². The van der Waals surface area contributed by atoms with E-state index in [-0.39, 0.29) is 0 Å². The van der Waals surface area contributed by atoms with E-state index in [4.69, 9.17) is 6.42 Å². The van der Waals surface area contributed by atoms with Crippen LogP contribution in [-0.2, 0) is 18.0 Å². The largest absolute Gasteiger partial charge is 0.790 e. The molecule has 1 atom stereocenters. The third-order valence-electron chi connectivity index (χ3n) is 2.82. The topological polar surface area (TPSA) is 134 Å². The summed E-state index contributed by atoms with van der Waals surface area (Å²) >= 11 is 0. The number of rotatable bonds is 12. The van der Waals surface area contributed by atoms with E-state index >= 15 is 0 Å². The van der Waals surface area contributed by atoms with Gasteiger partial charge in [0, 0.05) is 0 Å². The number of phosphoric ester groups is 1. The summed E-state index contributed by atoms with van der Waals surface area (Å²) in [5.74, 6) is 2.49. The molecule has 138 valence electrons. The minimum Gasteiger partial charge on any atom is -0.790 e. The molecule has 0 aromatic heterocycles. The molecular formula is C14H22NO7P2-3. The molecule has 0 aliphatic rings. The van der Waals surface area contributed by atoms with Gasteiger partial charge in [-0.15, -0.1) is 6.42 Å². The first-order valence-corrected chi connectivity index (χ1v) is 10.1. The van der Waals surface area contributed by atoms with Crippen molar-refractivity contribution in [3.05, 3.63) is 23.3 Å². The second kappa shape index (κ2) is 11.8. The summed E-state index contributed by atoms with van der Waals surface area (Å²) in [7, 11) is -10.8. The number of nitrogens with one attached hydrogen (secondary N) is 1. The Bertz CT molecular complexity index is 574. The predicted octanol–water partition coefficient (Wildman–Crippen LogP) is 0.602. The normalized spacial score (nSPS) is 15.8. The molecule has 0 saturated carbocycles. The first-order chi connectivity index (χ1) is 11.1. The molecule has 0 aromatic carbocycles. The van der Waals surface area contributed by atoms with Gasteiger partial charge in [-0.05, 0) is 39.7 Å². The lowest BCUT2D eigenvalue weighted by Gasteiger charge is -2.34. The Morgan fingerprint density at radius 3 is 2.38 bits per heavy atom. The van der Waals surface area contributed by atoms with E-state index in [0.29, 0.717) is 13.0 Å². The molecule has 0 amide bonds. The highest BCUT2D eigenvalue weighted by atomic mass is 31.3. The quantitative estimate of drug-likeness (QED) is 0.226. The van der Waals surface area contributed by atoms with Gasteiger partial charge in [0.05, 0.1) is 21.0 Å². The van der Waals surface area contributed by atoms with Gasteiger partial charge < -0.3 is 29.1 Å². The van der Waals surface area contributed by atoms with Crippen LogP contribution in [0.3, 0.4) is 0 Å². The monoisotopic (exact) mass is 378 g/mol. The van der Waals surface area contributed by atoms with Crippen molar-refractivity contribution in [2.75, 3.05) is 19.7 Å². The zero-order valence-electron chi connectivity index (χ0n) is 13.7. The summed E-state index contributed by atoms with van der Waals surface area (Å²) in [5.41, 5.74) is 2.07. The van der Waals surface area contributed by atoms with E-state index in [1.54, 1.807) is 6.92 Å². The lowest BCUT2D eigenvalue weighted by molar-refractivity contribution is -0.339. The summed E-state index contributed by atoms with van der Waals surface area (Å²) in [6.45, 7) is 4.73. The maximum atomic E-state index is 11.0. The van der Waals surface area contributed by atoms with E-state index < -0.39 is 22.3 Å². The van der Waals surface area contributed by atoms with Crippen LogP contribution < -0.4 is 20.0 Å². The molecule has 0 bridgehead atoms. The van der Waals surface area contributed by atoms with Gasteiger partial charge in [0.1, 0.15) is 0 Å². The smallest absolute Gasteiger partial charge is 0.272 e. The van der Waals surface area contributed by atoms with Crippen LogP contribution in [0, 0.1) is 12.3 Å². The van der Waals surface area contributed by atoms with Gasteiger partial charge in [-0.3, -0.25) is 8.88 Å². The van der Waals surface area contributed by atoms with E-state index in [0.717, 1.165) is 25.0 Å². The molecular weight excluding hydrogens is 356 g/mol. The second-order valence-corrected chi connectivity index (χ2v) is 7.74. The third-order valence-corrected chi connectivity index (χ3v) is 4.88. The van der Waals surface area contributed by atoms with Crippen LogP contribution in [-0.4, -0.2) is 19.7 Å². The molecule has 0 spiro atoms. The fraction of sp³-hybridized carbons (Fsp3) is 0.571. The molecule has 10 heteroatoms. The van der Waals surface area contributed by atoms with E-state index in [9.17, 15) is 23.8 Å². The highest BCUT2D eigenvalue weighted by molar-refractivity contribution is 7.58. The maximum Gasteiger partial charge on any atom is 0.272 e. The average Bonchev–Trinajstić information content (AvgIpc) is 2.40. The summed E-state index contributed by atoms with van der Waals surface area (Å²) in [5, 5.41) is 3.09. The Balaban J connectivity index is 4.09. The molecule has 8 nitrogen and oxygen atoms in total. The van der Waals surface area contributed by atoms with Gasteiger partial charge in [-0.25, -0.2) is 0 Å². The van der Waals surface area contributed by atoms with Crippen LogP contribution >= 0.6 is 15.6 Å². The molecule has 1 N–H and O–H groups in total. The van der Waals surface area contributed by atoms with Crippen molar-refractivity contribution in [2.24, 2.45) is 0 Å². The molecule has 0 radical (unpaired) electrons. The summed E-state index contributed by atoms with van der Waals surface area (Å²) in [6.07, 6.45) is 11.0. The Labute approximate surface area is 142 Å². The lowest BCUT2D eigenvalue weighted by atomic mass is 10.1. The molecule has 24 heavy (non-hydrogen) atoms. The molecule has 0 aromatic rings. The van der Waals surface area contributed by atoms with Gasteiger partial charge in [-0.1, -0.05) is 29.2 Å². The van der Waals surface area contributed by atoms with Crippen LogP contribution in [0.15, 0.2) is 23.3 Å². The van der Waals surface area contributed by atoms with Crippen molar-refractivity contribution in [2.45, 2.75) is 33.1 Å². The second-order valence-electron chi connectivity index (χ2n) is 5.04. The molecule has 0 aliphatic heterocycles. The molecule has 0 saturated heterocycles. The Kier molecular flexibility index (Phi) is 11.4. The van der Waals surface area contributed by atoms with Crippen molar-refractivity contribution in [3.63, 3.8) is 0 Å². The van der Waals surface area contributed by atoms with Gasteiger partial charge in [0.25, 0.3) is 7.82 Å². The fourth-order valence-corrected chi connectivity index (χ4v) is 3.04. The van der Waals surface area contributed by atoms with Crippen molar-refractivity contribution in [3.8, 4) is 12.3 Å². The molecule has 1 unspecified atom stereocenters. The number of hydrogen-bond donors (Lipinski definition) is 1. The van der Waals surface area contributed by atoms with Crippen molar-refractivity contribution in [1.82, 2.24) is 5.32 Å². The van der Waals surface area contributed by atoms with Crippen molar-refractivity contribution >= 4 is 15.6 Å². The minimum atomic E-state index is -5.64. The summed E-state index contributed by atoms with van der Waals surface area (Å²) in [6, 6.07) is 0. The molecule has 0 aliphatic carbocycles. The highest BCUT2D eigenvalue weighted by Crippen LogP contribution is 2.50. The van der Waals surface area contributed by atoms with Crippen LogP contribution in [0.1, 0.15) is 33.1 Å². The maximum absolute atomic E-state index is 11.0. The number of allylic oxidation sites excluding steroid dienone is 2. The molecule has 0 heterocycles. The Hall–Kier alpha value is -0.740. The lowest BCUT2D eigenvalue weighted by Crippen LogP contribution is -2.19. The summed E-state index contributed by atoms with van der Waals surface area (Å²) in [4.78, 5) is 31.5. The SMILES string of the molecule is C#CCNCC/C(C)=C/CC/C(C)=C/COP(=O)([O-])OP(=O)([O-])[O-]. The number of phosphoric acid groups is 2. The molecule has 0 fully saturated rings. The highest BCUT2D eigenvalue weighted by Gasteiger charge is 2.10. The van der Waals surface area contributed by atoms with Gasteiger partial charge in [0.2, 0.25) is 0 Å². The fourth-order valence-electron chi connectivity index (χ4n) is 1.61. The Morgan fingerprint density at radius 2 is 1.79 bits per heavy atom. The van der Waals surface area contributed by atoms with E-state index in [1.807, 2.05) is 6.92 Å². The van der Waals surface area contributed by atoms with Crippen LogP contribution in [0.4, 0.5) is 0 Å². The van der Waals surface area contributed by atoms with Crippen LogP contribution in [0.2, 0.25) is 0 Å². The zero-order valence-corrected chi connectivity index (χ0v) is 15.5. The first kappa shape index (κ1) is 23.3. The third kappa shape index (κ3) is 14.8. The van der Waals surface area contributed by atoms with Crippen LogP contribution in [0.25, 0.3) is 0 Å². The van der Waals surface area contributed by atoms with Crippen molar-refractivity contribution in [1.29, 1.82) is 0 Å². The molecule has 0 rings (SSSR count). The zero-order chi connectivity index (χ0) is 18.6. The summed E-state index contributed by atoms with van der Waals surface area (Å²) < 4.78 is 28.9. The van der Waals surface area contributed by atoms with Gasteiger partial charge in [0.15, 0.2) is 0 Å². The standard InChI is InChI=1S/C14H25NO7P2/c1-4-10-15-11-8-13(2)6-5-7-14(3)9-12-21-24(19,20)22-23(16,17)18/h1,6,9,15H,5,7-8,10-12H2,2-3H3,(H,19,20)(H2,16,17,18)/p-3/b13-6+,14-9+. The van der Waals surface area contributed by atoms with E-state index in [2.05, 4.69) is 26.1 Å². The van der Waals surface area contributed by atoms with Crippen LogP contribution in [0.5, 0.6) is 0 Å². The predicted molar refractivity (Wildman–Crippen MR) is 85.3 cm³/mol. The Morgan fingerprint density at radius 1 is 1.17 bits per heavy atom. The number of terminal acetylenes is 1.